The van der Waals surface area contributed by atoms with E-state index in [1.807, 2.05) is 27.7 Å². The van der Waals surface area contributed by atoms with Gasteiger partial charge in [0, 0.05) is 18.4 Å². The van der Waals surface area contributed by atoms with E-state index in [4.69, 9.17) is 4.74 Å². The normalized spacial score (nSPS) is 13.7. The van der Waals surface area contributed by atoms with E-state index in [-0.39, 0.29) is 11.9 Å². The van der Waals surface area contributed by atoms with Gasteiger partial charge in [-0.1, -0.05) is 6.92 Å². The van der Waals surface area contributed by atoms with Crippen molar-refractivity contribution in [1.29, 1.82) is 0 Å². The van der Waals surface area contributed by atoms with Gasteiger partial charge < -0.3 is 10.1 Å². The van der Waals surface area contributed by atoms with Crippen LogP contribution >= 0.6 is 0 Å². The van der Waals surface area contributed by atoms with Crippen LogP contribution in [0.15, 0.2) is 18.5 Å². The lowest BCUT2D eigenvalue weighted by molar-refractivity contribution is -0.0396. The predicted octanol–water partition coefficient (Wildman–Crippen LogP) is 2.69. The minimum absolute atomic E-state index is 0.185. The van der Waals surface area contributed by atoms with E-state index < -0.39 is 5.60 Å². The van der Waals surface area contributed by atoms with Crippen molar-refractivity contribution in [2.24, 2.45) is 0 Å². The number of rotatable bonds is 6. The highest BCUT2D eigenvalue weighted by Crippen LogP contribution is 2.30. The molecule has 3 nitrogen and oxygen atoms in total. The highest BCUT2D eigenvalue weighted by atomic mass is 19.1. The number of halogens is 1. The highest BCUT2D eigenvalue weighted by molar-refractivity contribution is 5.20. The maximum Gasteiger partial charge on any atom is 0.146 e. The maximum atomic E-state index is 13.8. The Morgan fingerprint density at radius 1 is 1.47 bits per heavy atom. The number of nitrogens with zero attached hydrogens (tertiary/aromatic N) is 1. The molecule has 1 aromatic rings. The topological polar surface area (TPSA) is 34.2 Å². The van der Waals surface area contributed by atoms with E-state index in [9.17, 15) is 4.39 Å². The van der Waals surface area contributed by atoms with Gasteiger partial charge >= 0.3 is 0 Å². The first kappa shape index (κ1) is 14.1. The molecule has 0 radical (unpaired) electrons. The number of nitrogens with one attached hydrogen (secondary N) is 1. The standard InChI is InChI=1S/C13H21FN2O/c1-5-16-12(13(3,4)17-6-2)10-7-8-15-9-11(10)14/h7-9,12,16H,5-6H2,1-4H3. The molecular formula is C13H21FN2O. The van der Waals surface area contributed by atoms with Crippen LogP contribution in [0.5, 0.6) is 0 Å². The summed E-state index contributed by atoms with van der Waals surface area (Å²) in [4.78, 5) is 3.77. The van der Waals surface area contributed by atoms with Gasteiger partial charge in [0.25, 0.3) is 0 Å². The molecule has 1 aromatic heterocycles. The molecule has 1 heterocycles. The average Bonchev–Trinajstić information content (AvgIpc) is 2.27. The van der Waals surface area contributed by atoms with E-state index >= 15 is 0 Å². The molecule has 0 aliphatic rings. The van der Waals surface area contributed by atoms with Crippen molar-refractivity contribution in [3.63, 3.8) is 0 Å². The lowest BCUT2D eigenvalue weighted by atomic mass is 9.91. The van der Waals surface area contributed by atoms with Gasteiger partial charge in [-0.3, -0.25) is 4.98 Å². The molecule has 0 saturated heterocycles. The monoisotopic (exact) mass is 240 g/mol. The minimum atomic E-state index is -0.465. The molecule has 1 atom stereocenters. The number of ether oxygens (including phenoxy) is 1. The first-order chi connectivity index (χ1) is 8.03. The highest BCUT2D eigenvalue weighted by Gasteiger charge is 2.32. The number of hydrogen-bond donors (Lipinski definition) is 1. The average molecular weight is 240 g/mol. The van der Waals surface area contributed by atoms with E-state index in [2.05, 4.69) is 10.3 Å². The Hall–Kier alpha value is -1.00. The first-order valence-corrected chi connectivity index (χ1v) is 5.99. The predicted molar refractivity (Wildman–Crippen MR) is 66.3 cm³/mol. The summed E-state index contributed by atoms with van der Waals surface area (Å²) < 4.78 is 19.5. The van der Waals surface area contributed by atoms with Gasteiger partial charge in [0.05, 0.1) is 17.8 Å². The fraction of sp³-hybridized carbons (Fsp3) is 0.615. The Morgan fingerprint density at radius 3 is 2.71 bits per heavy atom. The zero-order valence-electron chi connectivity index (χ0n) is 11.0. The number of likely N-dealkylation sites (N-methyl/N-ethyl adjacent to an activating group) is 1. The Labute approximate surface area is 102 Å². The van der Waals surface area contributed by atoms with Crippen molar-refractivity contribution in [1.82, 2.24) is 10.3 Å². The van der Waals surface area contributed by atoms with Crippen LogP contribution in [0.25, 0.3) is 0 Å². The largest absolute Gasteiger partial charge is 0.374 e. The number of aromatic nitrogens is 1. The lowest BCUT2D eigenvalue weighted by Crippen LogP contribution is -2.42. The fourth-order valence-corrected chi connectivity index (χ4v) is 2.01. The van der Waals surface area contributed by atoms with Gasteiger partial charge in [-0.05, 0) is 33.4 Å². The Morgan fingerprint density at radius 2 is 2.18 bits per heavy atom. The van der Waals surface area contributed by atoms with Crippen molar-refractivity contribution in [2.75, 3.05) is 13.2 Å². The van der Waals surface area contributed by atoms with Crippen molar-refractivity contribution < 1.29 is 9.13 Å². The van der Waals surface area contributed by atoms with Crippen molar-refractivity contribution in [2.45, 2.75) is 39.3 Å². The molecule has 0 aliphatic carbocycles. The van der Waals surface area contributed by atoms with Crippen LogP contribution in [-0.2, 0) is 4.74 Å². The summed E-state index contributed by atoms with van der Waals surface area (Å²) in [6, 6.07) is 1.51. The van der Waals surface area contributed by atoms with Crippen LogP contribution in [0.1, 0.15) is 39.3 Å². The van der Waals surface area contributed by atoms with Crippen LogP contribution in [0, 0.1) is 5.82 Å². The molecule has 17 heavy (non-hydrogen) atoms. The molecule has 0 amide bonds. The quantitative estimate of drug-likeness (QED) is 0.830. The minimum Gasteiger partial charge on any atom is -0.374 e. The van der Waals surface area contributed by atoms with Crippen LogP contribution in [0.2, 0.25) is 0 Å². The summed E-state index contributed by atoms with van der Waals surface area (Å²) in [7, 11) is 0. The molecule has 0 spiro atoms. The Balaban J connectivity index is 3.04. The van der Waals surface area contributed by atoms with Crippen molar-refractivity contribution in [3.05, 3.63) is 29.8 Å². The van der Waals surface area contributed by atoms with Crippen molar-refractivity contribution in [3.8, 4) is 0 Å². The summed E-state index contributed by atoms with van der Waals surface area (Å²) in [6.07, 6.45) is 2.84. The Kier molecular flexibility index (Phi) is 5.02. The lowest BCUT2D eigenvalue weighted by Gasteiger charge is -2.35. The van der Waals surface area contributed by atoms with Crippen LogP contribution in [0.3, 0.4) is 0 Å². The third-order valence-corrected chi connectivity index (χ3v) is 2.73. The third kappa shape index (κ3) is 3.48. The molecule has 1 unspecified atom stereocenters. The SMILES string of the molecule is CCNC(c1ccncc1F)C(C)(C)OCC. The summed E-state index contributed by atoms with van der Waals surface area (Å²) in [5.41, 5.74) is 0.132. The summed E-state index contributed by atoms with van der Waals surface area (Å²) in [5.74, 6) is -0.300. The van der Waals surface area contributed by atoms with E-state index in [0.717, 1.165) is 6.54 Å². The molecule has 0 aliphatic heterocycles. The molecule has 1 rings (SSSR count). The number of hydrogen-bond acceptors (Lipinski definition) is 3. The molecule has 1 N–H and O–H groups in total. The molecule has 0 saturated carbocycles. The second-order valence-corrected chi connectivity index (χ2v) is 4.42. The fourth-order valence-electron chi connectivity index (χ4n) is 2.01. The van der Waals surface area contributed by atoms with Crippen molar-refractivity contribution >= 4 is 0 Å². The van der Waals surface area contributed by atoms with Crippen LogP contribution in [0.4, 0.5) is 4.39 Å². The summed E-state index contributed by atoms with van der Waals surface area (Å²) in [6.45, 7) is 9.21. The van der Waals surface area contributed by atoms with E-state index in [1.165, 1.54) is 6.20 Å². The summed E-state index contributed by atoms with van der Waals surface area (Å²) in [5, 5.41) is 3.27. The Bertz CT molecular complexity index is 355. The van der Waals surface area contributed by atoms with Gasteiger partial charge in [-0.15, -0.1) is 0 Å². The molecular weight excluding hydrogens is 219 g/mol. The molecule has 0 bridgehead atoms. The molecule has 0 aromatic carbocycles. The second kappa shape index (κ2) is 6.07. The van der Waals surface area contributed by atoms with Gasteiger partial charge in [0.15, 0.2) is 0 Å². The molecule has 0 fully saturated rings. The summed E-state index contributed by atoms with van der Waals surface area (Å²) >= 11 is 0. The zero-order valence-corrected chi connectivity index (χ0v) is 11.0. The van der Waals surface area contributed by atoms with Crippen LogP contribution in [-0.4, -0.2) is 23.7 Å². The number of pyridine rings is 1. The van der Waals surface area contributed by atoms with Gasteiger partial charge in [-0.2, -0.15) is 0 Å². The van der Waals surface area contributed by atoms with E-state index in [1.54, 1.807) is 12.3 Å². The third-order valence-electron chi connectivity index (χ3n) is 2.73. The van der Waals surface area contributed by atoms with Gasteiger partial charge in [0.2, 0.25) is 0 Å². The zero-order chi connectivity index (χ0) is 12.9. The first-order valence-electron chi connectivity index (χ1n) is 5.99. The smallest absolute Gasteiger partial charge is 0.146 e. The molecule has 96 valence electrons. The van der Waals surface area contributed by atoms with Crippen LogP contribution < -0.4 is 5.32 Å². The van der Waals surface area contributed by atoms with Gasteiger partial charge in [-0.25, -0.2) is 4.39 Å². The second-order valence-electron chi connectivity index (χ2n) is 4.42. The molecule has 4 heteroatoms. The maximum absolute atomic E-state index is 13.8. The van der Waals surface area contributed by atoms with E-state index in [0.29, 0.717) is 12.2 Å². The van der Waals surface area contributed by atoms with Gasteiger partial charge in [0.1, 0.15) is 5.82 Å².